The van der Waals surface area contributed by atoms with Crippen LogP contribution in [0.15, 0.2) is 78.0 Å². The number of nitrogens with one attached hydrogen (secondary N) is 1. The van der Waals surface area contributed by atoms with E-state index in [1.165, 1.54) is 16.7 Å². The fraction of sp³-hybridized carbons (Fsp3) is 0.355. The van der Waals surface area contributed by atoms with E-state index in [1.807, 2.05) is 50.5 Å². The first-order chi connectivity index (χ1) is 20.0. The summed E-state index contributed by atoms with van der Waals surface area (Å²) < 4.78 is 11.2. The number of allylic oxidation sites excluding steroid dienone is 1. The molecule has 2 aliphatic heterocycles. The van der Waals surface area contributed by atoms with Crippen molar-refractivity contribution in [3.05, 3.63) is 89.1 Å². The normalized spacial score (nSPS) is 19.1. The van der Waals surface area contributed by atoms with Crippen LogP contribution in [0.3, 0.4) is 0 Å². The molecule has 4 rings (SSSR count). The number of amides is 3. The molecular formula is C31H37N4O6S+. The van der Waals surface area contributed by atoms with Gasteiger partial charge in [-0.2, -0.15) is 0 Å². The molecule has 0 radical (unpaired) electrons. The lowest BCUT2D eigenvalue weighted by Crippen LogP contribution is -2.70. The van der Waals surface area contributed by atoms with Gasteiger partial charge in [0.15, 0.2) is 6.04 Å². The summed E-state index contributed by atoms with van der Waals surface area (Å²) in [5.74, 6) is -0.542. The van der Waals surface area contributed by atoms with Crippen molar-refractivity contribution in [1.82, 2.24) is 10.2 Å². The molecule has 0 unspecified atom stereocenters. The van der Waals surface area contributed by atoms with Crippen molar-refractivity contribution in [2.45, 2.75) is 37.4 Å². The maximum absolute atomic E-state index is 13.5. The number of likely N-dealkylation sites (N-methyl/N-ethyl adjacent to an activating group) is 1. The van der Waals surface area contributed by atoms with E-state index in [-0.39, 0.29) is 30.5 Å². The van der Waals surface area contributed by atoms with E-state index in [1.54, 1.807) is 44.4 Å². The average molecular weight is 594 g/mol. The summed E-state index contributed by atoms with van der Waals surface area (Å²) in [6.45, 7) is 2.26. The number of hydrogen-bond donors (Lipinski definition) is 2. The minimum Gasteiger partial charge on any atom is -0.497 e. The van der Waals surface area contributed by atoms with E-state index in [4.69, 9.17) is 15.2 Å². The molecule has 2 heterocycles. The van der Waals surface area contributed by atoms with Gasteiger partial charge in [0.1, 0.15) is 29.5 Å². The van der Waals surface area contributed by atoms with E-state index >= 15 is 0 Å². The zero-order valence-electron chi connectivity index (χ0n) is 24.2. The van der Waals surface area contributed by atoms with Gasteiger partial charge in [-0.3, -0.25) is 19.3 Å². The fourth-order valence-electron chi connectivity index (χ4n) is 4.67. The van der Waals surface area contributed by atoms with Crippen LogP contribution in [-0.4, -0.2) is 84.0 Å². The first-order valence-corrected chi connectivity index (χ1v) is 14.7. The Morgan fingerprint density at radius 1 is 1.12 bits per heavy atom. The standard InChI is InChI=1S/C31H36N4O6S/c1-20(28(32)37)35(2,3)16-8-11-23-19-42-30-26(33-25(36)17-21-9-6-5-7-10-21)29(38)34(30)27(23)31(39)41-18-22-12-14-24(40-4)15-13-22/h5-15,20,26,30H,16-19H2,1-4H3,(H2-,32,33,36,37)/p+1/b11-8+/t20-,26-,30-/m1/s1. The van der Waals surface area contributed by atoms with Crippen molar-refractivity contribution in [2.75, 3.05) is 33.5 Å². The molecule has 1 fully saturated rings. The van der Waals surface area contributed by atoms with Crippen molar-refractivity contribution in [2.24, 2.45) is 5.73 Å². The van der Waals surface area contributed by atoms with Crippen LogP contribution in [0.4, 0.5) is 0 Å². The third-order valence-corrected chi connectivity index (χ3v) is 8.90. The molecule has 2 aliphatic rings. The van der Waals surface area contributed by atoms with Crippen LogP contribution in [0.1, 0.15) is 18.1 Å². The van der Waals surface area contributed by atoms with Gasteiger partial charge in [0, 0.05) is 5.75 Å². The summed E-state index contributed by atoms with van der Waals surface area (Å²) in [5, 5.41) is 2.41. The Hall–Kier alpha value is -4.09. The molecule has 0 aliphatic carbocycles. The van der Waals surface area contributed by atoms with Gasteiger partial charge in [0.25, 0.3) is 11.8 Å². The smallest absolute Gasteiger partial charge is 0.355 e. The number of benzene rings is 2. The molecule has 0 bridgehead atoms. The van der Waals surface area contributed by atoms with Crippen LogP contribution in [-0.2, 0) is 36.9 Å². The predicted molar refractivity (Wildman–Crippen MR) is 160 cm³/mol. The lowest BCUT2D eigenvalue weighted by molar-refractivity contribution is -0.898. The molecule has 0 saturated carbocycles. The Kier molecular flexibility index (Phi) is 9.74. The monoisotopic (exact) mass is 593 g/mol. The molecular weight excluding hydrogens is 556 g/mol. The number of nitrogens with zero attached hydrogens (tertiary/aromatic N) is 2. The molecule has 3 atom stereocenters. The van der Waals surface area contributed by atoms with E-state index in [0.717, 1.165) is 11.1 Å². The number of nitrogens with two attached hydrogens (primary N) is 1. The van der Waals surface area contributed by atoms with Gasteiger partial charge in [-0.25, -0.2) is 4.79 Å². The Morgan fingerprint density at radius 3 is 2.45 bits per heavy atom. The van der Waals surface area contributed by atoms with Gasteiger partial charge >= 0.3 is 5.97 Å². The Morgan fingerprint density at radius 2 is 1.81 bits per heavy atom. The van der Waals surface area contributed by atoms with Crippen molar-refractivity contribution < 1.29 is 33.1 Å². The molecule has 1 saturated heterocycles. The Balaban J connectivity index is 1.52. The molecule has 3 amide bonds. The number of carbonyl (C=O) groups excluding carboxylic acids is 4. The van der Waals surface area contributed by atoms with Crippen LogP contribution in [0.2, 0.25) is 0 Å². The molecule has 0 aromatic heterocycles. The third-order valence-electron chi connectivity index (χ3n) is 7.60. The number of esters is 1. The maximum atomic E-state index is 13.5. The van der Waals surface area contributed by atoms with Gasteiger partial charge in [0.05, 0.1) is 34.2 Å². The number of carbonyl (C=O) groups is 4. The SMILES string of the molecule is COc1ccc(COC(=O)C2=C(/C=C/C[N+](C)(C)[C@H](C)C(N)=O)CS[C@@H]3[C@H](NC(=O)Cc4ccccc4)C(=O)N23)cc1. The van der Waals surface area contributed by atoms with Crippen molar-refractivity contribution in [1.29, 1.82) is 0 Å². The van der Waals surface area contributed by atoms with Crippen LogP contribution in [0.25, 0.3) is 0 Å². The number of hydrogen-bond acceptors (Lipinski definition) is 7. The summed E-state index contributed by atoms with van der Waals surface area (Å²) in [5.41, 5.74) is 7.91. The van der Waals surface area contributed by atoms with Crippen LogP contribution < -0.4 is 15.8 Å². The van der Waals surface area contributed by atoms with E-state index in [0.29, 0.717) is 28.1 Å². The summed E-state index contributed by atoms with van der Waals surface area (Å²) >= 11 is 1.47. The molecule has 2 aromatic carbocycles. The van der Waals surface area contributed by atoms with Gasteiger partial charge in [0.2, 0.25) is 5.91 Å². The lowest BCUT2D eigenvalue weighted by atomic mass is 10.0. The summed E-state index contributed by atoms with van der Waals surface area (Å²) in [6, 6.07) is 15.3. The van der Waals surface area contributed by atoms with Crippen molar-refractivity contribution in [3.63, 3.8) is 0 Å². The number of thioether (sulfide) groups is 1. The second-order valence-electron chi connectivity index (χ2n) is 10.9. The van der Waals surface area contributed by atoms with Gasteiger partial charge in [-0.1, -0.05) is 48.5 Å². The quantitative estimate of drug-likeness (QED) is 0.219. The number of rotatable bonds is 12. The number of primary amides is 1. The number of ether oxygens (including phenoxy) is 2. The van der Waals surface area contributed by atoms with E-state index < -0.39 is 29.3 Å². The van der Waals surface area contributed by atoms with Gasteiger partial charge in [-0.05, 0) is 41.8 Å². The van der Waals surface area contributed by atoms with E-state index in [9.17, 15) is 19.2 Å². The first kappa shape index (κ1) is 30.9. The van der Waals surface area contributed by atoms with Crippen LogP contribution >= 0.6 is 11.8 Å². The molecule has 0 spiro atoms. The highest BCUT2D eigenvalue weighted by molar-refractivity contribution is 8.00. The van der Waals surface area contributed by atoms with Crippen molar-refractivity contribution in [3.8, 4) is 5.75 Å². The Labute approximate surface area is 250 Å². The highest BCUT2D eigenvalue weighted by Crippen LogP contribution is 2.41. The highest BCUT2D eigenvalue weighted by atomic mass is 32.2. The van der Waals surface area contributed by atoms with E-state index in [2.05, 4.69) is 5.32 Å². The van der Waals surface area contributed by atoms with Crippen molar-refractivity contribution >= 4 is 35.5 Å². The zero-order valence-corrected chi connectivity index (χ0v) is 25.1. The molecule has 10 nitrogen and oxygen atoms in total. The molecule has 222 valence electrons. The summed E-state index contributed by atoms with van der Waals surface area (Å²) in [6.07, 6.45) is 3.83. The molecule has 3 N–H and O–H groups in total. The fourth-order valence-corrected chi connectivity index (χ4v) is 5.99. The van der Waals surface area contributed by atoms with Gasteiger partial charge in [-0.15, -0.1) is 11.8 Å². The maximum Gasteiger partial charge on any atom is 0.355 e. The first-order valence-electron chi connectivity index (χ1n) is 13.6. The second kappa shape index (κ2) is 13.3. The Bertz CT molecular complexity index is 1390. The topological polar surface area (TPSA) is 128 Å². The molecule has 11 heteroatoms. The number of β-lactam (4-membered cyclic amide) rings is 1. The lowest BCUT2D eigenvalue weighted by Gasteiger charge is -2.49. The highest BCUT2D eigenvalue weighted by Gasteiger charge is 2.54. The number of quaternary nitrogens is 1. The largest absolute Gasteiger partial charge is 0.497 e. The summed E-state index contributed by atoms with van der Waals surface area (Å²) in [7, 11) is 5.36. The minimum absolute atomic E-state index is 0.0143. The predicted octanol–water partition coefficient (Wildman–Crippen LogP) is 2.14. The third kappa shape index (κ3) is 7.03. The zero-order chi connectivity index (χ0) is 30.4. The molecule has 42 heavy (non-hydrogen) atoms. The number of fused-ring (bicyclic) bond motifs is 1. The molecule has 2 aromatic rings. The summed E-state index contributed by atoms with van der Waals surface area (Å²) in [4.78, 5) is 52.7. The van der Waals surface area contributed by atoms with Crippen LogP contribution in [0.5, 0.6) is 5.75 Å². The average Bonchev–Trinajstić information content (AvgIpc) is 2.98. The minimum atomic E-state index is -0.742. The van der Waals surface area contributed by atoms with Gasteiger partial charge < -0.3 is 25.0 Å². The van der Waals surface area contributed by atoms with Crippen LogP contribution in [0, 0.1) is 0 Å². The second-order valence-corrected chi connectivity index (χ2v) is 12.0. The number of methoxy groups -OCH3 is 1.